The van der Waals surface area contributed by atoms with Gasteiger partial charge in [0.2, 0.25) is 11.8 Å². The van der Waals surface area contributed by atoms with Crippen molar-refractivity contribution in [2.45, 2.75) is 51.0 Å². The number of fused-ring (bicyclic) bond motifs is 1. The number of ether oxygens (including phenoxy) is 1. The van der Waals surface area contributed by atoms with Crippen LogP contribution in [0.2, 0.25) is 0 Å². The van der Waals surface area contributed by atoms with Gasteiger partial charge >= 0.3 is 0 Å². The van der Waals surface area contributed by atoms with Crippen LogP contribution in [0.5, 0.6) is 0 Å². The maximum absolute atomic E-state index is 13.3. The van der Waals surface area contributed by atoms with E-state index in [1.54, 1.807) is 0 Å². The van der Waals surface area contributed by atoms with Crippen LogP contribution in [0.15, 0.2) is 24.3 Å². The van der Waals surface area contributed by atoms with Crippen molar-refractivity contribution in [2.24, 2.45) is 11.8 Å². The van der Waals surface area contributed by atoms with Gasteiger partial charge in [0.25, 0.3) is 0 Å². The molecular formula is C21H28N2O3. The number of amides is 2. The van der Waals surface area contributed by atoms with E-state index in [2.05, 4.69) is 11.4 Å². The van der Waals surface area contributed by atoms with Crippen LogP contribution in [0.25, 0.3) is 0 Å². The summed E-state index contributed by atoms with van der Waals surface area (Å²) in [7, 11) is 0. The Balaban J connectivity index is 1.43. The largest absolute Gasteiger partial charge is 0.376 e. The molecule has 3 unspecified atom stereocenters. The fraction of sp³-hybridized carbons (Fsp3) is 0.619. The predicted molar refractivity (Wildman–Crippen MR) is 99.9 cm³/mol. The Morgan fingerprint density at radius 1 is 1.08 bits per heavy atom. The van der Waals surface area contributed by atoms with Crippen LogP contribution in [0.3, 0.4) is 0 Å². The molecule has 1 aromatic rings. The first-order chi connectivity index (χ1) is 12.7. The second kappa shape index (κ2) is 7.78. The van der Waals surface area contributed by atoms with Gasteiger partial charge in [-0.15, -0.1) is 0 Å². The molecule has 0 spiro atoms. The number of carbonyl (C=O) groups is 2. The topological polar surface area (TPSA) is 58.6 Å². The molecular weight excluding hydrogens is 328 g/mol. The minimum atomic E-state index is -0.203. The Morgan fingerprint density at radius 2 is 1.88 bits per heavy atom. The third-order valence-corrected chi connectivity index (χ3v) is 6.10. The van der Waals surface area contributed by atoms with Crippen molar-refractivity contribution < 1.29 is 14.3 Å². The smallest absolute Gasteiger partial charge is 0.230 e. The van der Waals surface area contributed by atoms with Crippen molar-refractivity contribution >= 4 is 17.5 Å². The van der Waals surface area contributed by atoms with E-state index in [1.165, 1.54) is 5.56 Å². The summed E-state index contributed by atoms with van der Waals surface area (Å²) < 4.78 is 5.60. The van der Waals surface area contributed by atoms with Crippen LogP contribution in [0.1, 0.15) is 44.1 Å². The number of hydrogen-bond donors (Lipinski definition) is 1. The fourth-order valence-electron chi connectivity index (χ4n) is 4.66. The zero-order chi connectivity index (χ0) is 17.9. The molecule has 1 saturated carbocycles. The summed E-state index contributed by atoms with van der Waals surface area (Å²) in [6.07, 6.45) is 6.81. The van der Waals surface area contributed by atoms with Crippen LogP contribution in [-0.2, 0) is 20.7 Å². The number of hydrogen-bond acceptors (Lipinski definition) is 3. The lowest BCUT2D eigenvalue weighted by Gasteiger charge is -2.33. The average Bonchev–Trinajstić information content (AvgIpc) is 3.35. The molecule has 26 heavy (non-hydrogen) atoms. The summed E-state index contributed by atoms with van der Waals surface area (Å²) in [5.74, 6) is -0.234. The van der Waals surface area contributed by atoms with Crippen molar-refractivity contribution in [3.63, 3.8) is 0 Å². The van der Waals surface area contributed by atoms with Crippen LogP contribution in [-0.4, -0.2) is 37.6 Å². The SMILES string of the molecule is O=C(NCC1CCCO1)C1CCCCC1C(=O)N1CCc2ccccc21. The average molecular weight is 356 g/mol. The quantitative estimate of drug-likeness (QED) is 0.902. The molecule has 2 amide bonds. The Bertz CT molecular complexity index is 669. The van der Waals surface area contributed by atoms with E-state index in [-0.39, 0.29) is 29.8 Å². The molecule has 5 heteroatoms. The van der Waals surface area contributed by atoms with Crippen LogP contribution in [0.4, 0.5) is 5.69 Å². The summed E-state index contributed by atoms with van der Waals surface area (Å²) in [5, 5.41) is 3.05. The van der Waals surface area contributed by atoms with E-state index in [9.17, 15) is 9.59 Å². The highest BCUT2D eigenvalue weighted by atomic mass is 16.5. The van der Waals surface area contributed by atoms with E-state index in [0.29, 0.717) is 6.54 Å². The predicted octanol–water partition coefficient (Wildman–Crippen LogP) is 2.68. The summed E-state index contributed by atoms with van der Waals surface area (Å²) in [6.45, 7) is 2.10. The maximum Gasteiger partial charge on any atom is 0.230 e. The van der Waals surface area contributed by atoms with E-state index < -0.39 is 0 Å². The lowest BCUT2D eigenvalue weighted by atomic mass is 9.77. The number of rotatable bonds is 4. The molecule has 1 aliphatic carbocycles. The van der Waals surface area contributed by atoms with Gasteiger partial charge in [0.1, 0.15) is 0 Å². The minimum Gasteiger partial charge on any atom is -0.376 e. The Labute approximate surface area is 155 Å². The number of para-hydroxylation sites is 1. The molecule has 2 fully saturated rings. The zero-order valence-corrected chi connectivity index (χ0v) is 15.3. The van der Waals surface area contributed by atoms with Crippen molar-refractivity contribution in [1.29, 1.82) is 0 Å². The summed E-state index contributed by atoms with van der Waals surface area (Å²) in [6, 6.07) is 8.12. The normalized spacial score (nSPS) is 28.0. The Morgan fingerprint density at radius 3 is 2.69 bits per heavy atom. The van der Waals surface area contributed by atoms with Crippen molar-refractivity contribution in [3.05, 3.63) is 29.8 Å². The van der Waals surface area contributed by atoms with Crippen molar-refractivity contribution in [2.75, 3.05) is 24.6 Å². The summed E-state index contributed by atoms with van der Waals surface area (Å²) in [5.41, 5.74) is 2.26. The number of carbonyl (C=O) groups excluding carboxylic acids is 2. The highest BCUT2D eigenvalue weighted by molar-refractivity contribution is 5.99. The van der Waals surface area contributed by atoms with Gasteiger partial charge in [-0.3, -0.25) is 9.59 Å². The van der Waals surface area contributed by atoms with Gasteiger partial charge in [-0.1, -0.05) is 31.0 Å². The van der Waals surface area contributed by atoms with Gasteiger partial charge in [0, 0.05) is 31.3 Å². The maximum atomic E-state index is 13.3. The molecule has 0 bridgehead atoms. The van der Waals surface area contributed by atoms with Crippen LogP contribution in [0, 0.1) is 11.8 Å². The van der Waals surface area contributed by atoms with Gasteiger partial charge in [-0.2, -0.15) is 0 Å². The molecule has 0 radical (unpaired) electrons. The third-order valence-electron chi connectivity index (χ3n) is 6.10. The lowest BCUT2D eigenvalue weighted by molar-refractivity contribution is -0.135. The van der Waals surface area contributed by atoms with E-state index in [0.717, 1.165) is 63.8 Å². The molecule has 5 nitrogen and oxygen atoms in total. The van der Waals surface area contributed by atoms with Gasteiger partial charge < -0.3 is 15.0 Å². The van der Waals surface area contributed by atoms with Crippen LogP contribution >= 0.6 is 0 Å². The molecule has 1 saturated heterocycles. The van der Waals surface area contributed by atoms with E-state index in [1.807, 2.05) is 23.1 Å². The van der Waals surface area contributed by atoms with Crippen molar-refractivity contribution in [1.82, 2.24) is 5.32 Å². The Hall–Kier alpha value is -1.88. The number of benzene rings is 1. The van der Waals surface area contributed by atoms with E-state index >= 15 is 0 Å². The first-order valence-corrected chi connectivity index (χ1v) is 10.0. The molecule has 140 valence electrons. The molecule has 1 N–H and O–H groups in total. The molecule has 2 aliphatic heterocycles. The first-order valence-electron chi connectivity index (χ1n) is 10.0. The summed E-state index contributed by atoms with van der Waals surface area (Å²) in [4.78, 5) is 28.0. The minimum absolute atomic E-state index is 0.0334. The third kappa shape index (κ3) is 3.50. The fourth-order valence-corrected chi connectivity index (χ4v) is 4.66. The van der Waals surface area contributed by atoms with Gasteiger partial charge in [0.15, 0.2) is 0 Å². The summed E-state index contributed by atoms with van der Waals surface area (Å²) >= 11 is 0. The number of nitrogens with zero attached hydrogens (tertiary/aromatic N) is 1. The van der Waals surface area contributed by atoms with Gasteiger partial charge in [-0.25, -0.2) is 0 Å². The number of anilines is 1. The van der Waals surface area contributed by atoms with Gasteiger partial charge in [-0.05, 0) is 43.7 Å². The molecule has 3 aliphatic rings. The molecule has 4 rings (SSSR count). The standard InChI is InChI=1S/C21H28N2O3/c24-20(22-14-16-7-5-13-26-16)17-8-2-3-9-18(17)21(25)23-12-11-15-6-1-4-10-19(15)23/h1,4,6,10,16-18H,2-3,5,7-9,11-14H2,(H,22,24). The molecule has 3 atom stereocenters. The lowest BCUT2D eigenvalue weighted by Crippen LogP contribution is -2.46. The van der Waals surface area contributed by atoms with E-state index in [4.69, 9.17) is 4.74 Å². The second-order valence-electron chi connectivity index (χ2n) is 7.75. The van der Waals surface area contributed by atoms with Crippen molar-refractivity contribution in [3.8, 4) is 0 Å². The molecule has 2 heterocycles. The molecule has 1 aromatic carbocycles. The second-order valence-corrected chi connectivity index (χ2v) is 7.75. The molecule has 0 aromatic heterocycles. The highest BCUT2D eigenvalue weighted by Gasteiger charge is 2.39. The van der Waals surface area contributed by atoms with Crippen LogP contribution < -0.4 is 10.2 Å². The highest BCUT2D eigenvalue weighted by Crippen LogP contribution is 2.35. The first kappa shape index (κ1) is 17.5. The zero-order valence-electron chi connectivity index (χ0n) is 15.3. The monoisotopic (exact) mass is 356 g/mol. The Kier molecular flexibility index (Phi) is 5.25. The van der Waals surface area contributed by atoms with Gasteiger partial charge in [0.05, 0.1) is 12.0 Å². The number of nitrogens with one attached hydrogen (secondary N) is 1.